The Morgan fingerprint density at radius 1 is 1.46 bits per heavy atom. The summed E-state index contributed by atoms with van der Waals surface area (Å²) >= 11 is 6.38. The molecule has 0 aliphatic carbocycles. The first-order valence-electron chi connectivity index (χ1n) is 7.72. The molecule has 2 aromatic heterocycles. The number of nitrogens with zero attached hydrogens (tertiary/aromatic N) is 3. The van der Waals surface area contributed by atoms with E-state index in [9.17, 15) is 9.59 Å². The van der Waals surface area contributed by atoms with Crippen LogP contribution in [0.5, 0.6) is 0 Å². The van der Waals surface area contributed by atoms with Gasteiger partial charge in [-0.15, -0.1) is 22.7 Å². The maximum absolute atomic E-state index is 12.6. The fraction of sp³-hybridized carbons (Fsp3) is 0.438. The van der Waals surface area contributed by atoms with Crippen molar-refractivity contribution in [2.24, 2.45) is 0 Å². The van der Waals surface area contributed by atoms with E-state index in [1.54, 1.807) is 24.5 Å². The molecule has 3 heterocycles. The minimum Gasteiger partial charge on any atom is -0.340 e. The van der Waals surface area contributed by atoms with Gasteiger partial charge in [0.2, 0.25) is 5.91 Å². The molecule has 8 heteroatoms. The van der Waals surface area contributed by atoms with Crippen LogP contribution in [-0.2, 0) is 4.79 Å². The predicted octanol–water partition coefficient (Wildman–Crippen LogP) is 3.45. The maximum atomic E-state index is 12.6. The topological polar surface area (TPSA) is 53.5 Å². The number of halogens is 1. The summed E-state index contributed by atoms with van der Waals surface area (Å²) in [6.07, 6.45) is 3.85. The fourth-order valence-electron chi connectivity index (χ4n) is 2.83. The smallest absolute Gasteiger partial charge is 0.264 e. The molecule has 0 bridgehead atoms. The first-order chi connectivity index (χ1) is 11.5. The molecule has 1 unspecified atom stereocenters. The van der Waals surface area contributed by atoms with Gasteiger partial charge in [0, 0.05) is 37.6 Å². The van der Waals surface area contributed by atoms with Crippen molar-refractivity contribution in [3.63, 3.8) is 0 Å². The molecule has 1 aliphatic heterocycles. The molecule has 24 heavy (non-hydrogen) atoms. The molecule has 1 fully saturated rings. The maximum Gasteiger partial charge on any atom is 0.264 e. The number of thiophene rings is 1. The fourth-order valence-corrected chi connectivity index (χ4v) is 4.98. The Morgan fingerprint density at radius 3 is 2.96 bits per heavy atom. The van der Waals surface area contributed by atoms with Gasteiger partial charge in [0.05, 0.1) is 20.2 Å². The third-order valence-electron chi connectivity index (χ3n) is 4.08. The number of thiazole rings is 1. The third-order valence-corrected chi connectivity index (χ3v) is 6.63. The van der Waals surface area contributed by atoms with Gasteiger partial charge in [-0.05, 0) is 40.9 Å². The summed E-state index contributed by atoms with van der Waals surface area (Å²) < 4.78 is 0.910. The lowest BCUT2D eigenvalue weighted by molar-refractivity contribution is -0.132. The van der Waals surface area contributed by atoms with Gasteiger partial charge in [0.25, 0.3) is 5.91 Å². The van der Waals surface area contributed by atoms with Crippen LogP contribution in [0.3, 0.4) is 0 Å². The van der Waals surface area contributed by atoms with E-state index >= 15 is 0 Å². The van der Waals surface area contributed by atoms with E-state index < -0.39 is 0 Å². The molecule has 0 spiro atoms. The summed E-state index contributed by atoms with van der Waals surface area (Å²) in [5, 5.41) is 3.07. The molecule has 0 N–H and O–H groups in total. The van der Waals surface area contributed by atoms with Crippen LogP contribution in [0.4, 0.5) is 0 Å². The van der Waals surface area contributed by atoms with Crippen LogP contribution in [0.25, 0.3) is 0 Å². The number of hydrogen-bond acceptors (Lipinski definition) is 5. The Morgan fingerprint density at radius 2 is 2.29 bits per heavy atom. The average molecular weight is 428 g/mol. The molecule has 128 valence electrons. The summed E-state index contributed by atoms with van der Waals surface area (Å²) in [5.74, 6) is 0.201. The molecule has 2 aromatic rings. The van der Waals surface area contributed by atoms with E-state index in [4.69, 9.17) is 0 Å². The molecular weight excluding hydrogens is 410 g/mol. The molecule has 1 saturated heterocycles. The van der Waals surface area contributed by atoms with Crippen molar-refractivity contribution >= 4 is 50.4 Å². The van der Waals surface area contributed by atoms with Gasteiger partial charge in [-0.1, -0.05) is 0 Å². The molecule has 2 amide bonds. The van der Waals surface area contributed by atoms with E-state index in [1.807, 2.05) is 22.5 Å². The van der Waals surface area contributed by atoms with Crippen LogP contribution in [-0.4, -0.2) is 53.3 Å². The molecule has 1 aliphatic rings. The van der Waals surface area contributed by atoms with Gasteiger partial charge in [0.15, 0.2) is 0 Å². The molecule has 1 atom stereocenters. The van der Waals surface area contributed by atoms with E-state index in [0.717, 1.165) is 28.2 Å². The number of amides is 2. The van der Waals surface area contributed by atoms with E-state index in [2.05, 4.69) is 20.9 Å². The van der Waals surface area contributed by atoms with E-state index in [0.29, 0.717) is 17.3 Å². The van der Waals surface area contributed by atoms with Crippen LogP contribution >= 0.6 is 38.6 Å². The van der Waals surface area contributed by atoms with Crippen molar-refractivity contribution < 1.29 is 9.59 Å². The molecule has 0 saturated carbocycles. The summed E-state index contributed by atoms with van der Waals surface area (Å²) in [6, 6.07) is 3.62. The number of likely N-dealkylation sites (tertiary alicyclic amines) is 1. The molecular formula is C16H18BrN3O2S2. The molecule has 5 nitrogen and oxygen atoms in total. The standard InChI is InChI=1S/C16H18BrN3O2S2/c1-19(16(22)12-4-5-13(17)24-12)10-14(21)20-7-2-3-11(9-20)15-18-6-8-23-15/h4-6,8,11H,2-3,7,9-10H2,1H3. The zero-order valence-electron chi connectivity index (χ0n) is 13.3. The second-order valence-corrected chi connectivity index (χ2v) is 9.20. The lowest BCUT2D eigenvalue weighted by Gasteiger charge is -2.33. The number of likely N-dealkylation sites (N-methyl/N-ethyl adjacent to an activating group) is 1. The second kappa shape index (κ2) is 7.76. The van der Waals surface area contributed by atoms with E-state index in [-0.39, 0.29) is 18.4 Å². The number of carbonyl (C=O) groups is 2. The normalized spacial score (nSPS) is 17.8. The predicted molar refractivity (Wildman–Crippen MR) is 99.6 cm³/mol. The van der Waals surface area contributed by atoms with Gasteiger partial charge in [-0.25, -0.2) is 4.98 Å². The van der Waals surface area contributed by atoms with Crippen LogP contribution < -0.4 is 0 Å². The summed E-state index contributed by atoms with van der Waals surface area (Å²) in [5.41, 5.74) is 0. The largest absolute Gasteiger partial charge is 0.340 e. The van der Waals surface area contributed by atoms with Crippen LogP contribution in [0, 0.1) is 0 Å². The zero-order valence-corrected chi connectivity index (χ0v) is 16.5. The number of carbonyl (C=O) groups excluding carboxylic acids is 2. The summed E-state index contributed by atoms with van der Waals surface area (Å²) in [6.45, 7) is 1.56. The van der Waals surface area contributed by atoms with Crippen LogP contribution in [0.1, 0.15) is 33.4 Å². The minimum atomic E-state index is -0.118. The third kappa shape index (κ3) is 4.04. The first kappa shape index (κ1) is 17.6. The quantitative estimate of drug-likeness (QED) is 0.750. The number of hydrogen-bond donors (Lipinski definition) is 0. The molecule has 0 aromatic carbocycles. The van der Waals surface area contributed by atoms with Crippen molar-refractivity contribution in [1.29, 1.82) is 0 Å². The number of aromatic nitrogens is 1. The highest BCUT2D eigenvalue weighted by atomic mass is 79.9. The van der Waals surface area contributed by atoms with Gasteiger partial charge in [0.1, 0.15) is 0 Å². The van der Waals surface area contributed by atoms with Gasteiger partial charge >= 0.3 is 0 Å². The van der Waals surface area contributed by atoms with Crippen molar-refractivity contribution in [3.05, 3.63) is 37.4 Å². The number of rotatable bonds is 4. The second-order valence-electron chi connectivity index (χ2n) is 5.81. The highest BCUT2D eigenvalue weighted by molar-refractivity contribution is 9.11. The van der Waals surface area contributed by atoms with Crippen molar-refractivity contribution in [1.82, 2.24) is 14.8 Å². The van der Waals surface area contributed by atoms with Gasteiger partial charge in [-0.2, -0.15) is 0 Å². The minimum absolute atomic E-state index is 0.00253. The van der Waals surface area contributed by atoms with Crippen LogP contribution in [0.15, 0.2) is 27.5 Å². The molecule has 3 rings (SSSR count). The first-order valence-corrected chi connectivity index (χ1v) is 10.2. The van der Waals surface area contributed by atoms with E-state index in [1.165, 1.54) is 16.2 Å². The highest BCUT2D eigenvalue weighted by Gasteiger charge is 2.27. The average Bonchev–Trinajstić information content (AvgIpc) is 3.25. The Kier molecular flexibility index (Phi) is 5.68. The highest BCUT2D eigenvalue weighted by Crippen LogP contribution is 2.28. The van der Waals surface area contributed by atoms with Crippen molar-refractivity contribution in [2.45, 2.75) is 18.8 Å². The summed E-state index contributed by atoms with van der Waals surface area (Å²) in [7, 11) is 1.68. The van der Waals surface area contributed by atoms with Crippen molar-refractivity contribution in [3.8, 4) is 0 Å². The lowest BCUT2D eigenvalue weighted by atomic mass is 9.98. The van der Waals surface area contributed by atoms with Crippen molar-refractivity contribution in [2.75, 3.05) is 26.7 Å². The van der Waals surface area contributed by atoms with Gasteiger partial charge in [-0.3, -0.25) is 9.59 Å². The zero-order chi connectivity index (χ0) is 17.1. The SMILES string of the molecule is CN(CC(=O)N1CCCC(c2nccs2)C1)C(=O)c1ccc(Br)s1. The van der Waals surface area contributed by atoms with Crippen LogP contribution in [0.2, 0.25) is 0 Å². The summed E-state index contributed by atoms with van der Waals surface area (Å²) in [4.78, 5) is 33.3. The Balaban J connectivity index is 1.58. The monoisotopic (exact) mass is 427 g/mol. The Hall–Kier alpha value is -1.25. The molecule has 0 radical (unpaired) electrons. The Bertz CT molecular complexity index is 717. The lowest BCUT2D eigenvalue weighted by Crippen LogP contribution is -2.45. The number of piperidine rings is 1. The van der Waals surface area contributed by atoms with Gasteiger partial charge < -0.3 is 9.80 Å². The Labute approximate surface area is 157 Å².